The van der Waals surface area contributed by atoms with Gasteiger partial charge in [-0.1, -0.05) is 0 Å². The van der Waals surface area contributed by atoms with Crippen LogP contribution in [-0.4, -0.2) is 58.0 Å². The number of aromatic carboxylic acids is 1. The Balaban J connectivity index is 2.09. The lowest BCUT2D eigenvalue weighted by Crippen LogP contribution is -2.50. The Kier molecular flexibility index (Phi) is 3.40. The van der Waals surface area contributed by atoms with E-state index in [1.54, 1.807) is 9.80 Å². The third-order valence-electron chi connectivity index (χ3n) is 2.88. The van der Waals surface area contributed by atoms with Crippen molar-refractivity contribution in [3.05, 3.63) is 18.1 Å². The predicted molar refractivity (Wildman–Crippen MR) is 63.5 cm³/mol. The molecular weight excluding hydrogens is 236 g/mol. The third-order valence-corrected chi connectivity index (χ3v) is 2.88. The molecule has 96 valence electrons. The third kappa shape index (κ3) is 2.39. The number of nitrogens with zero attached hydrogens (tertiary/aromatic N) is 4. The average Bonchev–Trinajstić information content (AvgIpc) is 2.38. The van der Waals surface area contributed by atoms with E-state index >= 15 is 0 Å². The van der Waals surface area contributed by atoms with Gasteiger partial charge in [0.15, 0.2) is 5.69 Å². The van der Waals surface area contributed by atoms with Gasteiger partial charge in [0.2, 0.25) is 5.91 Å². The van der Waals surface area contributed by atoms with E-state index in [4.69, 9.17) is 5.11 Å². The second-order valence-corrected chi connectivity index (χ2v) is 3.96. The first-order valence-electron chi connectivity index (χ1n) is 5.70. The summed E-state index contributed by atoms with van der Waals surface area (Å²) in [4.78, 5) is 33.8. The van der Waals surface area contributed by atoms with Crippen LogP contribution in [0.1, 0.15) is 17.4 Å². The summed E-state index contributed by atoms with van der Waals surface area (Å²) < 4.78 is 0. The lowest BCUT2D eigenvalue weighted by Gasteiger charge is -2.34. The molecule has 1 fully saturated rings. The fraction of sp³-hybridized carbons (Fsp3) is 0.455. The first kappa shape index (κ1) is 12.3. The van der Waals surface area contributed by atoms with Crippen LogP contribution in [0.4, 0.5) is 5.82 Å². The zero-order valence-electron chi connectivity index (χ0n) is 10.0. The summed E-state index contributed by atoms with van der Waals surface area (Å²) in [5.41, 5.74) is -0.0997. The van der Waals surface area contributed by atoms with E-state index in [1.807, 2.05) is 6.92 Å². The van der Waals surface area contributed by atoms with Crippen molar-refractivity contribution in [2.24, 2.45) is 0 Å². The number of carbonyl (C=O) groups is 2. The smallest absolute Gasteiger partial charge is 0.356 e. The maximum Gasteiger partial charge on any atom is 0.356 e. The Hall–Kier alpha value is -2.18. The van der Waals surface area contributed by atoms with Crippen LogP contribution < -0.4 is 4.90 Å². The molecule has 2 heterocycles. The molecule has 18 heavy (non-hydrogen) atoms. The minimum Gasteiger partial charge on any atom is -0.476 e. The standard InChI is InChI=1S/C11H14N4O3/c1-2-14-3-4-15(7-10(14)16)9-6-12-8(5-13-9)11(17)18/h5-6H,2-4,7H2,1H3,(H,17,18). The van der Waals surface area contributed by atoms with E-state index in [0.717, 1.165) is 0 Å². The van der Waals surface area contributed by atoms with Crippen LogP contribution in [0.3, 0.4) is 0 Å². The first-order chi connectivity index (χ1) is 8.61. The molecule has 0 aliphatic carbocycles. The summed E-state index contributed by atoms with van der Waals surface area (Å²) in [5.74, 6) is -0.530. The van der Waals surface area contributed by atoms with Gasteiger partial charge in [-0.25, -0.2) is 14.8 Å². The minimum atomic E-state index is -1.11. The van der Waals surface area contributed by atoms with E-state index in [1.165, 1.54) is 12.4 Å². The Morgan fingerprint density at radius 2 is 2.17 bits per heavy atom. The van der Waals surface area contributed by atoms with Crippen LogP contribution >= 0.6 is 0 Å². The van der Waals surface area contributed by atoms with Gasteiger partial charge in [0, 0.05) is 19.6 Å². The normalized spacial score (nSPS) is 15.9. The number of carboxylic acids is 1. The number of likely N-dealkylation sites (N-methyl/N-ethyl adjacent to an activating group) is 1. The summed E-state index contributed by atoms with van der Waals surface area (Å²) in [6, 6.07) is 0. The number of amides is 1. The van der Waals surface area contributed by atoms with Crippen molar-refractivity contribution in [2.45, 2.75) is 6.92 Å². The number of carboxylic acid groups (broad SMARTS) is 1. The van der Waals surface area contributed by atoms with Gasteiger partial charge in [-0.05, 0) is 6.92 Å². The Morgan fingerprint density at radius 3 is 2.67 bits per heavy atom. The quantitative estimate of drug-likeness (QED) is 0.802. The van der Waals surface area contributed by atoms with Crippen LogP contribution in [0.25, 0.3) is 0 Å². The van der Waals surface area contributed by atoms with E-state index < -0.39 is 5.97 Å². The molecule has 2 rings (SSSR count). The topological polar surface area (TPSA) is 86.6 Å². The van der Waals surface area contributed by atoms with Crippen molar-refractivity contribution >= 4 is 17.7 Å². The molecule has 1 saturated heterocycles. The zero-order chi connectivity index (χ0) is 13.1. The number of anilines is 1. The molecule has 0 spiro atoms. The fourth-order valence-corrected chi connectivity index (χ4v) is 1.83. The molecule has 1 amide bonds. The lowest BCUT2D eigenvalue weighted by atomic mass is 10.3. The minimum absolute atomic E-state index is 0.0489. The highest BCUT2D eigenvalue weighted by Crippen LogP contribution is 2.12. The molecule has 1 aromatic heterocycles. The van der Waals surface area contributed by atoms with E-state index in [-0.39, 0.29) is 18.1 Å². The lowest BCUT2D eigenvalue weighted by molar-refractivity contribution is -0.130. The van der Waals surface area contributed by atoms with E-state index in [9.17, 15) is 9.59 Å². The summed E-state index contributed by atoms with van der Waals surface area (Å²) in [6.07, 6.45) is 2.59. The molecular formula is C11H14N4O3. The molecule has 0 radical (unpaired) electrons. The molecule has 7 heteroatoms. The predicted octanol–water partition coefficient (Wildman–Crippen LogP) is -0.157. The maximum absolute atomic E-state index is 11.7. The van der Waals surface area contributed by atoms with E-state index in [2.05, 4.69) is 9.97 Å². The number of hydrogen-bond donors (Lipinski definition) is 1. The SMILES string of the molecule is CCN1CCN(c2cnc(C(=O)O)cn2)CC1=O. The van der Waals surface area contributed by atoms with Crippen molar-refractivity contribution in [3.63, 3.8) is 0 Å². The van der Waals surface area contributed by atoms with Crippen LogP contribution in [0.5, 0.6) is 0 Å². The highest BCUT2D eigenvalue weighted by Gasteiger charge is 2.23. The molecule has 0 bridgehead atoms. The Morgan fingerprint density at radius 1 is 1.39 bits per heavy atom. The van der Waals surface area contributed by atoms with Crippen molar-refractivity contribution in [3.8, 4) is 0 Å². The second-order valence-electron chi connectivity index (χ2n) is 3.96. The van der Waals surface area contributed by atoms with Gasteiger partial charge >= 0.3 is 5.97 Å². The first-order valence-corrected chi connectivity index (χ1v) is 5.70. The molecule has 1 aromatic rings. The van der Waals surface area contributed by atoms with Crippen LogP contribution in [0.2, 0.25) is 0 Å². The summed E-state index contributed by atoms with van der Waals surface area (Å²) >= 11 is 0. The fourth-order valence-electron chi connectivity index (χ4n) is 1.83. The van der Waals surface area contributed by atoms with Gasteiger partial charge in [-0.2, -0.15) is 0 Å². The maximum atomic E-state index is 11.7. The van der Waals surface area contributed by atoms with Crippen LogP contribution in [0, 0.1) is 0 Å². The molecule has 0 saturated carbocycles. The Bertz CT molecular complexity index is 460. The highest BCUT2D eigenvalue weighted by molar-refractivity contribution is 5.85. The average molecular weight is 250 g/mol. The molecule has 0 unspecified atom stereocenters. The van der Waals surface area contributed by atoms with Gasteiger partial charge < -0.3 is 14.9 Å². The Labute approximate surface area is 104 Å². The van der Waals surface area contributed by atoms with Crippen LogP contribution in [0.15, 0.2) is 12.4 Å². The number of aromatic nitrogens is 2. The van der Waals surface area contributed by atoms with Crippen molar-refractivity contribution < 1.29 is 14.7 Å². The van der Waals surface area contributed by atoms with Crippen LogP contribution in [-0.2, 0) is 4.79 Å². The number of piperazine rings is 1. The number of hydrogen-bond acceptors (Lipinski definition) is 5. The van der Waals surface area contributed by atoms with Crippen molar-refractivity contribution in [1.82, 2.24) is 14.9 Å². The molecule has 0 aromatic carbocycles. The number of carbonyl (C=O) groups excluding carboxylic acids is 1. The molecule has 0 atom stereocenters. The van der Waals surface area contributed by atoms with Gasteiger partial charge in [0.25, 0.3) is 0 Å². The van der Waals surface area contributed by atoms with Crippen molar-refractivity contribution in [1.29, 1.82) is 0 Å². The molecule has 1 aliphatic heterocycles. The van der Waals surface area contributed by atoms with Gasteiger partial charge in [0.1, 0.15) is 5.82 Å². The summed E-state index contributed by atoms with van der Waals surface area (Å²) in [7, 11) is 0. The molecule has 7 nitrogen and oxygen atoms in total. The molecule has 1 aliphatic rings. The van der Waals surface area contributed by atoms with Crippen molar-refractivity contribution in [2.75, 3.05) is 31.1 Å². The molecule has 1 N–H and O–H groups in total. The van der Waals surface area contributed by atoms with E-state index in [0.29, 0.717) is 25.5 Å². The summed E-state index contributed by atoms with van der Waals surface area (Å²) in [6.45, 7) is 4.23. The van der Waals surface area contributed by atoms with Gasteiger partial charge in [-0.15, -0.1) is 0 Å². The zero-order valence-corrected chi connectivity index (χ0v) is 10.0. The number of rotatable bonds is 3. The van der Waals surface area contributed by atoms with Gasteiger partial charge in [0.05, 0.1) is 18.9 Å². The summed E-state index contributed by atoms with van der Waals surface area (Å²) in [5, 5.41) is 8.72. The highest BCUT2D eigenvalue weighted by atomic mass is 16.4. The monoisotopic (exact) mass is 250 g/mol. The second kappa shape index (κ2) is 4.99. The largest absolute Gasteiger partial charge is 0.476 e. The van der Waals surface area contributed by atoms with Gasteiger partial charge in [-0.3, -0.25) is 4.79 Å².